The highest BCUT2D eigenvalue weighted by Crippen LogP contribution is 2.30. The number of carbonyl (C=O) groups is 1. The summed E-state index contributed by atoms with van der Waals surface area (Å²) in [5.74, 6) is 1.37. The summed E-state index contributed by atoms with van der Waals surface area (Å²) in [5.41, 5.74) is 1.71. The summed E-state index contributed by atoms with van der Waals surface area (Å²) in [6.07, 6.45) is 1.72. The average Bonchev–Trinajstić information content (AvgIpc) is 3.29. The monoisotopic (exact) mass is 408 g/mol. The van der Waals surface area contributed by atoms with Crippen LogP contribution in [0.4, 0.5) is 0 Å². The van der Waals surface area contributed by atoms with Crippen LogP contribution < -0.4 is 0 Å². The largest absolute Gasteiger partial charge is 0.457 e. The minimum Gasteiger partial charge on any atom is -0.457 e. The van der Waals surface area contributed by atoms with Crippen LogP contribution in [-0.4, -0.2) is 5.78 Å². The van der Waals surface area contributed by atoms with Crippen LogP contribution in [0.25, 0.3) is 27.5 Å². The van der Waals surface area contributed by atoms with Crippen molar-refractivity contribution < 1.29 is 9.21 Å². The molecular formula is C21H13BrO2S. The van der Waals surface area contributed by atoms with Crippen molar-refractivity contribution in [2.24, 2.45) is 0 Å². The van der Waals surface area contributed by atoms with Crippen molar-refractivity contribution in [3.8, 4) is 11.3 Å². The lowest BCUT2D eigenvalue weighted by molar-refractivity contribution is 0.104. The van der Waals surface area contributed by atoms with Crippen molar-refractivity contribution >= 4 is 49.2 Å². The molecule has 25 heavy (non-hydrogen) atoms. The Morgan fingerprint density at radius 1 is 0.960 bits per heavy atom. The van der Waals surface area contributed by atoms with Crippen molar-refractivity contribution in [3.05, 3.63) is 87.9 Å². The van der Waals surface area contributed by atoms with Crippen molar-refractivity contribution in [2.45, 2.75) is 0 Å². The van der Waals surface area contributed by atoms with Crippen LogP contribution >= 0.6 is 27.3 Å². The smallest absolute Gasteiger partial charge is 0.201 e. The van der Waals surface area contributed by atoms with Crippen LogP contribution in [-0.2, 0) is 0 Å². The van der Waals surface area contributed by atoms with Gasteiger partial charge in [-0.25, -0.2) is 0 Å². The molecule has 0 spiro atoms. The number of furan rings is 1. The standard InChI is InChI=1S/C21H13BrO2S/c22-18(21(23)17-13-25-20-9-5-4-8-16(17)20)12-15-10-11-19(24-15)14-6-2-1-3-7-14/h1-13H/b18-12-. The van der Waals surface area contributed by atoms with E-state index in [0.717, 1.165) is 21.4 Å². The summed E-state index contributed by atoms with van der Waals surface area (Å²) >= 11 is 4.98. The topological polar surface area (TPSA) is 30.2 Å². The first-order valence-electron chi connectivity index (χ1n) is 7.76. The summed E-state index contributed by atoms with van der Waals surface area (Å²) in [4.78, 5) is 12.8. The number of ketones is 1. The zero-order chi connectivity index (χ0) is 17.2. The first-order valence-corrected chi connectivity index (χ1v) is 9.43. The van der Waals surface area contributed by atoms with E-state index in [1.165, 1.54) is 0 Å². The van der Waals surface area contributed by atoms with E-state index in [1.807, 2.05) is 72.1 Å². The van der Waals surface area contributed by atoms with Gasteiger partial charge in [0.2, 0.25) is 5.78 Å². The van der Waals surface area contributed by atoms with E-state index >= 15 is 0 Å². The van der Waals surface area contributed by atoms with E-state index in [-0.39, 0.29) is 5.78 Å². The molecule has 0 fully saturated rings. The number of rotatable bonds is 4. The maximum absolute atomic E-state index is 12.8. The van der Waals surface area contributed by atoms with Crippen LogP contribution in [0, 0.1) is 0 Å². The molecule has 2 aromatic heterocycles. The molecule has 4 heteroatoms. The zero-order valence-electron chi connectivity index (χ0n) is 13.1. The molecule has 0 unspecified atom stereocenters. The summed E-state index contributed by atoms with van der Waals surface area (Å²) in [5, 5.41) is 2.88. The molecule has 0 aliphatic heterocycles. The summed E-state index contributed by atoms with van der Waals surface area (Å²) in [6, 6.07) is 21.6. The second-order valence-corrected chi connectivity index (χ2v) is 7.30. The number of carbonyl (C=O) groups excluding carboxylic acids is 1. The maximum Gasteiger partial charge on any atom is 0.201 e. The van der Waals surface area contributed by atoms with Crippen molar-refractivity contribution in [1.82, 2.24) is 0 Å². The molecule has 0 amide bonds. The molecule has 0 saturated heterocycles. The molecule has 0 bridgehead atoms. The summed E-state index contributed by atoms with van der Waals surface area (Å²) < 4.78 is 7.42. The fourth-order valence-corrected chi connectivity index (χ4v) is 4.04. The SMILES string of the molecule is O=C(/C(Br)=C/c1ccc(-c2ccccc2)o1)c1csc2ccccc12. The first-order chi connectivity index (χ1) is 12.2. The third kappa shape index (κ3) is 3.23. The Bertz CT molecular complexity index is 1070. The van der Waals surface area contributed by atoms with Crippen LogP contribution in [0.15, 0.2) is 81.0 Å². The highest BCUT2D eigenvalue weighted by molar-refractivity contribution is 9.12. The lowest BCUT2D eigenvalue weighted by Crippen LogP contribution is -1.96. The molecule has 0 saturated carbocycles. The molecule has 2 nitrogen and oxygen atoms in total. The zero-order valence-corrected chi connectivity index (χ0v) is 15.5. The van der Waals surface area contributed by atoms with Gasteiger partial charge >= 0.3 is 0 Å². The highest BCUT2D eigenvalue weighted by atomic mass is 79.9. The van der Waals surface area contributed by atoms with E-state index < -0.39 is 0 Å². The summed E-state index contributed by atoms with van der Waals surface area (Å²) in [7, 11) is 0. The number of fused-ring (bicyclic) bond motifs is 1. The first kappa shape index (κ1) is 16.1. The molecular weight excluding hydrogens is 396 g/mol. The van der Waals surface area contributed by atoms with Crippen molar-refractivity contribution in [3.63, 3.8) is 0 Å². The number of hydrogen-bond acceptors (Lipinski definition) is 3. The van der Waals surface area contributed by atoms with Gasteiger partial charge < -0.3 is 4.42 Å². The Morgan fingerprint density at radius 2 is 1.72 bits per heavy atom. The lowest BCUT2D eigenvalue weighted by Gasteiger charge is -1.98. The molecule has 4 rings (SSSR count). The van der Waals surface area contributed by atoms with E-state index in [0.29, 0.717) is 15.8 Å². The van der Waals surface area contributed by atoms with Crippen LogP contribution in [0.1, 0.15) is 16.1 Å². The molecule has 4 aromatic rings. The molecule has 2 aromatic carbocycles. The maximum atomic E-state index is 12.8. The molecule has 2 heterocycles. The van der Waals surface area contributed by atoms with Crippen LogP contribution in [0.5, 0.6) is 0 Å². The average molecular weight is 409 g/mol. The quantitative estimate of drug-likeness (QED) is 0.275. The van der Waals surface area contributed by atoms with Gasteiger partial charge in [-0.3, -0.25) is 4.79 Å². The van der Waals surface area contributed by atoms with E-state index in [2.05, 4.69) is 15.9 Å². The second-order valence-electron chi connectivity index (χ2n) is 5.53. The van der Waals surface area contributed by atoms with Gasteiger partial charge in [-0.2, -0.15) is 0 Å². The van der Waals surface area contributed by atoms with Gasteiger partial charge in [0.1, 0.15) is 11.5 Å². The molecule has 0 atom stereocenters. The number of benzene rings is 2. The molecule has 0 N–H and O–H groups in total. The number of hydrogen-bond donors (Lipinski definition) is 0. The Kier molecular flexibility index (Phi) is 4.38. The van der Waals surface area contributed by atoms with Gasteiger partial charge in [0, 0.05) is 26.6 Å². The number of thiophene rings is 1. The Balaban J connectivity index is 1.63. The van der Waals surface area contributed by atoms with Crippen molar-refractivity contribution in [1.29, 1.82) is 0 Å². The minimum absolute atomic E-state index is 0.0462. The third-order valence-corrected chi connectivity index (χ3v) is 5.45. The van der Waals surface area contributed by atoms with E-state index in [9.17, 15) is 4.79 Å². The Morgan fingerprint density at radius 3 is 2.56 bits per heavy atom. The normalized spacial score (nSPS) is 11.8. The molecule has 0 radical (unpaired) electrons. The van der Waals surface area contributed by atoms with Gasteiger partial charge in [-0.15, -0.1) is 11.3 Å². The predicted molar refractivity (Wildman–Crippen MR) is 107 cm³/mol. The number of allylic oxidation sites excluding steroid dienone is 1. The summed E-state index contributed by atoms with van der Waals surface area (Å²) in [6.45, 7) is 0. The van der Waals surface area contributed by atoms with Gasteiger partial charge in [-0.1, -0.05) is 48.5 Å². The minimum atomic E-state index is -0.0462. The predicted octanol–water partition coefficient (Wildman–Crippen LogP) is 6.78. The van der Waals surface area contributed by atoms with Gasteiger partial charge in [-0.05, 0) is 40.2 Å². The molecule has 0 aliphatic carbocycles. The Labute approximate surface area is 157 Å². The number of Topliss-reactive ketones (excluding diaryl/α,β-unsaturated/α-hetero) is 1. The van der Waals surface area contributed by atoms with Crippen molar-refractivity contribution in [2.75, 3.05) is 0 Å². The van der Waals surface area contributed by atoms with E-state index in [1.54, 1.807) is 17.4 Å². The Hall–Kier alpha value is -2.43. The molecule has 122 valence electrons. The van der Waals surface area contributed by atoms with E-state index in [4.69, 9.17) is 4.42 Å². The fourth-order valence-electron chi connectivity index (χ4n) is 2.66. The van der Waals surface area contributed by atoms with Gasteiger partial charge in [0.15, 0.2) is 0 Å². The van der Waals surface area contributed by atoms with Crippen LogP contribution in [0.2, 0.25) is 0 Å². The highest BCUT2D eigenvalue weighted by Gasteiger charge is 2.15. The van der Waals surface area contributed by atoms with Gasteiger partial charge in [0.25, 0.3) is 0 Å². The third-order valence-electron chi connectivity index (χ3n) is 3.90. The van der Waals surface area contributed by atoms with Crippen LogP contribution in [0.3, 0.4) is 0 Å². The molecule has 0 aliphatic rings. The fraction of sp³-hybridized carbons (Fsp3) is 0. The second kappa shape index (κ2) is 6.82. The van der Waals surface area contributed by atoms with Gasteiger partial charge in [0.05, 0.1) is 4.48 Å². The number of halogens is 1. The lowest BCUT2D eigenvalue weighted by atomic mass is 10.1.